The summed E-state index contributed by atoms with van der Waals surface area (Å²) in [6.07, 6.45) is 1.79. The number of hydrogen-bond acceptors (Lipinski definition) is 2. The molecule has 5 heteroatoms. The van der Waals surface area contributed by atoms with Gasteiger partial charge in [0.2, 0.25) is 0 Å². The lowest BCUT2D eigenvalue weighted by atomic mass is 10.1. The largest absolute Gasteiger partial charge is 0.362 e. The standard InChI is InChI=1S/C12H13F2N3/c1-8(15-12-5-6-17(2)16-12)10-4-3-9(13)7-11(10)14/h3-8H,1-2H3,(H,15,16). The van der Waals surface area contributed by atoms with Crippen molar-refractivity contribution in [1.29, 1.82) is 0 Å². The summed E-state index contributed by atoms with van der Waals surface area (Å²) in [5.41, 5.74) is 0.414. The van der Waals surface area contributed by atoms with Crippen molar-refractivity contribution in [1.82, 2.24) is 9.78 Å². The van der Waals surface area contributed by atoms with Crippen LogP contribution in [0, 0.1) is 11.6 Å². The molecule has 2 aromatic rings. The summed E-state index contributed by atoms with van der Waals surface area (Å²) in [7, 11) is 1.80. The molecule has 17 heavy (non-hydrogen) atoms. The maximum absolute atomic E-state index is 13.5. The highest BCUT2D eigenvalue weighted by atomic mass is 19.1. The Morgan fingerprint density at radius 1 is 1.29 bits per heavy atom. The number of hydrogen-bond donors (Lipinski definition) is 1. The quantitative estimate of drug-likeness (QED) is 0.889. The van der Waals surface area contributed by atoms with Gasteiger partial charge in [-0.05, 0) is 13.0 Å². The average Bonchev–Trinajstić information content (AvgIpc) is 2.63. The van der Waals surface area contributed by atoms with Gasteiger partial charge in [0, 0.05) is 30.9 Å². The lowest BCUT2D eigenvalue weighted by Gasteiger charge is -2.14. The molecule has 0 aliphatic rings. The van der Waals surface area contributed by atoms with Crippen LogP contribution in [0.4, 0.5) is 14.6 Å². The first-order valence-corrected chi connectivity index (χ1v) is 5.27. The Morgan fingerprint density at radius 3 is 2.65 bits per heavy atom. The van der Waals surface area contributed by atoms with E-state index in [0.29, 0.717) is 11.4 Å². The van der Waals surface area contributed by atoms with E-state index in [2.05, 4.69) is 10.4 Å². The van der Waals surface area contributed by atoms with Crippen LogP contribution in [0.1, 0.15) is 18.5 Å². The minimum absolute atomic E-state index is 0.273. The van der Waals surface area contributed by atoms with Crippen molar-refractivity contribution < 1.29 is 8.78 Å². The van der Waals surface area contributed by atoms with Gasteiger partial charge >= 0.3 is 0 Å². The number of aromatic nitrogens is 2. The van der Waals surface area contributed by atoms with Crippen molar-refractivity contribution in [2.75, 3.05) is 5.32 Å². The molecule has 1 N–H and O–H groups in total. The van der Waals surface area contributed by atoms with Crippen molar-refractivity contribution in [3.05, 3.63) is 47.7 Å². The lowest BCUT2D eigenvalue weighted by molar-refractivity contribution is 0.566. The number of halogens is 2. The van der Waals surface area contributed by atoms with E-state index in [1.54, 1.807) is 30.9 Å². The summed E-state index contributed by atoms with van der Waals surface area (Å²) in [6, 6.07) is 5.08. The first-order chi connectivity index (χ1) is 8.06. The Hall–Kier alpha value is -1.91. The molecular weight excluding hydrogens is 224 g/mol. The second-order valence-corrected chi connectivity index (χ2v) is 3.91. The zero-order chi connectivity index (χ0) is 12.4. The number of benzene rings is 1. The maximum Gasteiger partial charge on any atom is 0.148 e. The summed E-state index contributed by atoms with van der Waals surface area (Å²) in [6.45, 7) is 1.80. The molecule has 90 valence electrons. The molecule has 1 unspecified atom stereocenters. The van der Waals surface area contributed by atoms with Crippen molar-refractivity contribution in [3.63, 3.8) is 0 Å². The number of nitrogens with one attached hydrogen (secondary N) is 1. The fourth-order valence-electron chi connectivity index (χ4n) is 1.64. The van der Waals surface area contributed by atoms with Crippen LogP contribution in [-0.2, 0) is 7.05 Å². The lowest BCUT2D eigenvalue weighted by Crippen LogP contribution is -2.09. The van der Waals surface area contributed by atoms with E-state index in [0.717, 1.165) is 6.07 Å². The van der Waals surface area contributed by atoms with E-state index in [1.165, 1.54) is 12.1 Å². The summed E-state index contributed by atoms with van der Waals surface area (Å²) in [5.74, 6) is -0.471. The van der Waals surface area contributed by atoms with Gasteiger partial charge in [-0.2, -0.15) is 5.10 Å². The zero-order valence-electron chi connectivity index (χ0n) is 9.61. The van der Waals surface area contributed by atoms with Crippen LogP contribution in [0.2, 0.25) is 0 Å². The summed E-state index contributed by atoms with van der Waals surface area (Å²) in [5, 5.41) is 7.18. The molecule has 1 aromatic carbocycles. The van der Waals surface area contributed by atoms with Gasteiger partial charge in [0.1, 0.15) is 17.5 Å². The first kappa shape index (κ1) is 11.6. The Kier molecular flexibility index (Phi) is 3.08. The third-order valence-electron chi connectivity index (χ3n) is 2.51. The van der Waals surface area contributed by atoms with E-state index < -0.39 is 11.6 Å². The minimum Gasteiger partial charge on any atom is -0.362 e. The Bertz CT molecular complexity index is 522. The van der Waals surface area contributed by atoms with Gasteiger partial charge in [-0.25, -0.2) is 8.78 Å². The molecule has 2 rings (SSSR count). The van der Waals surface area contributed by atoms with Gasteiger partial charge in [-0.3, -0.25) is 4.68 Å². The van der Waals surface area contributed by atoms with Gasteiger partial charge in [-0.15, -0.1) is 0 Å². The van der Waals surface area contributed by atoms with Gasteiger partial charge in [0.05, 0.1) is 6.04 Å². The predicted molar refractivity (Wildman–Crippen MR) is 61.6 cm³/mol. The van der Waals surface area contributed by atoms with Gasteiger partial charge in [-0.1, -0.05) is 6.07 Å². The second kappa shape index (κ2) is 4.53. The van der Waals surface area contributed by atoms with Gasteiger partial charge < -0.3 is 5.32 Å². The van der Waals surface area contributed by atoms with E-state index in [9.17, 15) is 8.78 Å². The van der Waals surface area contributed by atoms with Crippen molar-refractivity contribution in [2.45, 2.75) is 13.0 Å². The normalized spacial score (nSPS) is 12.5. The van der Waals surface area contributed by atoms with E-state index in [4.69, 9.17) is 0 Å². The van der Waals surface area contributed by atoms with Crippen LogP contribution in [0.15, 0.2) is 30.5 Å². The summed E-state index contributed by atoms with van der Waals surface area (Å²) in [4.78, 5) is 0. The Balaban J connectivity index is 2.17. The smallest absolute Gasteiger partial charge is 0.148 e. The molecule has 0 saturated carbocycles. The maximum atomic E-state index is 13.5. The highest BCUT2D eigenvalue weighted by Crippen LogP contribution is 2.21. The van der Waals surface area contributed by atoms with E-state index in [-0.39, 0.29) is 6.04 Å². The molecule has 0 saturated heterocycles. The molecule has 1 atom stereocenters. The van der Waals surface area contributed by atoms with Gasteiger partial charge in [0.15, 0.2) is 0 Å². The third-order valence-corrected chi connectivity index (χ3v) is 2.51. The molecule has 0 aliphatic carbocycles. The molecule has 0 amide bonds. The minimum atomic E-state index is -0.573. The fourth-order valence-corrected chi connectivity index (χ4v) is 1.64. The van der Waals surface area contributed by atoms with Crippen LogP contribution in [0.5, 0.6) is 0 Å². The van der Waals surface area contributed by atoms with Crippen LogP contribution < -0.4 is 5.32 Å². The van der Waals surface area contributed by atoms with Crippen LogP contribution in [-0.4, -0.2) is 9.78 Å². The zero-order valence-corrected chi connectivity index (χ0v) is 9.61. The van der Waals surface area contributed by atoms with Crippen LogP contribution in [0.3, 0.4) is 0 Å². The van der Waals surface area contributed by atoms with Crippen molar-refractivity contribution in [3.8, 4) is 0 Å². The van der Waals surface area contributed by atoms with Crippen molar-refractivity contribution >= 4 is 5.82 Å². The Morgan fingerprint density at radius 2 is 2.06 bits per heavy atom. The number of anilines is 1. The number of nitrogens with zero attached hydrogens (tertiary/aromatic N) is 2. The molecule has 0 radical (unpaired) electrons. The molecular formula is C12H13F2N3. The fraction of sp³-hybridized carbons (Fsp3) is 0.250. The van der Waals surface area contributed by atoms with E-state index >= 15 is 0 Å². The highest BCUT2D eigenvalue weighted by molar-refractivity contribution is 5.37. The molecule has 0 spiro atoms. The monoisotopic (exact) mass is 237 g/mol. The first-order valence-electron chi connectivity index (χ1n) is 5.27. The molecule has 1 aromatic heterocycles. The molecule has 0 bridgehead atoms. The molecule has 0 aliphatic heterocycles. The van der Waals surface area contributed by atoms with Crippen LogP contribution >= 0.6 is 0 Å². The second-order valence-electron chi connectivity index (χ2n) is 3.91. The number of rotatable bonds is 3. The SMILES string of the molecule is CC(Nc1ccn(C)n1)c1ccc(F)cc1F. The predicted octanol–water partition coefficient (Wildman–Crippen LogP) is 2.87. The molecule has 3 nitrogen and oxygen atoms in total. The highest BCUT2D eigenvalue weighted by Gasteiger charge is 2.12. The van der Waals surface area contributed by atoms with Crippen LogP contribution in [0.25, 0.3) is 0 Å². The van der Waals surface area contributed by atoms with E-state index in [1.807, 2.05) is 0 Å². The summed E-state index contributed by atoms with van der Waals surface area (Å²) >= 11 is 0. The Labute approximate surface area is 98.1 Å². The average molecular weight is 237 g/mol. The topological polar surface area (TPSA) is 29.9 Å². The number of aryl methyl sites for hydroxylation is 1. The summed E-state index contributed by atoms with van der Waals surface area (Å²) < 4.78 is 27.9. The third kappa shape index (κ3) is 2.61. The van der Waals surface area contributed by atoms with Crippen molar-refractivity contribution in [2.24, 2.45) is 7.05 Å². The van der Waals surface area contributed by atoms with Gasteiger partial charge in [0.25, 0.3) is 0 Å². The molecule has 0 fully saturated rings. The molecule has 1 heterocycles.